The van der Waals surface area contributed by atoms with E-state index in [1.54, 1.807) is 24.3 Å². The normalized spacial score (nSPS) is 11.4. The van der Waals surface area contributed by atoms with Gasteiger partial charge in [-0.1, -0.05) is 72.4 Å². The van der Waals surface area contributed by atoms with Crippen molar-refractivity contribution < 1.29 is 9.32 Å². The Bertz CT molecular complexity index is 1770. The molecule has 7 nitrogen and oxygen atoms in total. The van der Waals surface area contributed by atoms with Crippen LogP contribution in [0.3, 0.4) is 0 Å². The number of thiazole rings is 1. The Hall–Kier alpha value is -4.21. The molecule has 6 aromatic rings. The highest BCUT2D eigenvalue weighted by atomic mass is 32.2. The summed E-state index contributed by atoms with van der Waals surface area (Å²) in [7, 11) is 0. The fourth-order valence-corrected chi connectivity index (χ4v) is 6.33. The van der Waals surface area contributed by atoms with Gasteiger partial charge in [0.05, 0.1) is 21.8 Å². The number of rotatable bonds is 7. The van der Waals surface area contributed by atoms with Crippen molar-refractivity contribution in [1.82, 2.24) is 14.5 Å². The molecule has 3 heterocycles. The van der Waals surface area contributed by atoms with Crippen molar-refractivity contribution in [3.05, 3.63) is 124 Å². The molecule has 38 heavy (non-hydrogen) atoms. The lowest BCUT2D eigenvalue weighted by atomic mass is 9.90. The molecular weight excluding hydrogens is 516 g/mol. The summed E-state index contributed by atoms with van der Waals surface area (Å²) in [5.74, 6) is 0.624. The second-order valence-electron chi connectivity index (χ2n) is 8.78. The zero-order chi connectivity index (χ0) is 26.1. The number of fused-ring (bicyclic) bond motifs is 2. The van der Waals surface area contributed by atoms with Gasteiger partial charge in [-0.05, 0) is 36.2 Å². The highest BCUT2D eigenvalue weighted by Gasteiger charge is 2.23. The molecule has 3 aromatic heterocycles. The Morgan fingerprint density at radius 2 is 1.68 bits per heavy atom. The SMILES string of the molecule is Cc1cc2nc(CSc3nc4ccc(NC(=O)C(c5ccccc5)c5ccccc5)cc4s3)cc(=O)n2o1. The number of anilines is 1. The van der Waals surface area contributed by atoms with Gasteiger partial charge in [-0.15, -0.1) is 15.9 Å². The first-order valence-corrected chi connectivity index (χ1v) is 13.8. The molecule has 1 N–H and O–H groups in total. The van der Waals surface area contributed by atoms with Crippen LogP contribution in [-0.2, 0) is 10.5 Å². The Kier molecular flexibility index (Phi) is 6.53. The molecule has 0 unspecified atom stereocenters. The van der Waals surface area contributed by atoms with Gasteiger partial charge in [0.2, 0.25) is 5.91 Å². The van der Waals surface area contributed by atoms with Gasteiger partial charge in [-0.2, -0.15) is 0 Å². The van der Waals surface area contributed by atoms with Crippen LogP contribution in [0.2, 0.25) is 0 Å². The molecule has 0 fully saturated rings. The van der Waals surface area contributed by atoms with Gasteiger partial charge < -0.3 is 9.84 Å². The average molecular weight is 539 g/mol. The Balaban J connectivity index is 1.20. The molecule has 0 radical (unpaired) electrons. The summed E-state index contributed by atoms with van der Waals surface area (Å²) in [6.45, 7) is 1.78. The minimum atomic E-state index is -0.423. The molecule has 1 amide bonds. The van der Waals surface area contributed by atoms with Crippen LogP contribution in [0.15, 0.2) is 105 Å². The molecule has 0 aliphatic heterocycles. The molecule has 0 aliphatic carbocycles. The third kappa shape index (κ3) is 4.98. The average Bonchev–Trinajstić information content (AvgIpc) is 3.51. The Labute approximate surface area is 226 Å². The largest absolute Gasteiger partial charge is 0.375 e. The molecule has 188 valence electrons. The molecule has 0 atom stereocenters. The van der Waals surface area contributed by atoms with E-state index >= 15 is 0 Å². The van der Waals surface area contributed by atoms with E-state index in [1.807, 2.05) is 78.9 Å². The van der Waals surface area contributed by atoms with Crippen molar-refractivity contribution in [3.8, 4) is 0 Å². The molecule has 0 saturated heterocycles. The summed E-state index contributed by atoms with van der Waals surface area (Å²) in [4.78, 5) is 35.0. The molecule has 6 rings (SSSR count). The van der Waals surface area contributed by atoms with Crippen LogP contribution in [0, 0.1) is 6.92 Å². The summed E-state index contributed by atoms with van der Waals surface area (Å²) < 4.78 is 8.38. The first-order valence-electron chi connectivity index (χ1n) is 12.0. The first kappa shape index (κ1) is 24.1. The maximum Gasteiger partial charge on any atom is 0.287 e. The number of benzene rings is 3. The minimum Gasteiger partial charge on any atom is -0.375 e. The maximum atomic E-state index is 13.5. The van der Waals surface area contributed by atoms with E-state index in [4.69, 9.17) is 9.51 Å². The Morgan fingerprint density at radius 3 is 2.39 bits per heavy atom. The predicted molar refractivity (Wildman–Crippen MR) is 151 cm³/mol. The number of hydrogen-bond acceptors (Lipinski definition) is 7. The van der Waals surface area contributed by atoms with Crippen molar-refractivity contribution in [2.45, 2.75) is 22.9 Å². The van der Waals surface area contributed by atoms with Crippen LogP contribution in [0.5, 0.6) is 0 Å². The second kappa shape index (κ2) is 10.3. The van der Waals surface area contributed by atoms with E-state index in [0.717, 1.165) is 31.4 Å². The number of thioether (sulfide) groups is 1. The number of hydrogen-bond donors (Lipinski definition) is 1. The fourth-order valence-electron chi connectivity index (χ4n) is 4.33. The minimum absolute atomic E-state index is 0.0944. The van der Waals surface area contributed by atoms with Crippen molar-refractivity contribution >= 4 is 50.6 Å². The van der Waals surface area contributed by atoms with Gasteiger partial charge in [0.15, 0.2) is 9.99 Å². The van der Waals surface area contributed by atoms with Gasteiger partial charge in [0.25, 0.3) is 5.56 Å². The van der Waals surface area contributed by atoms with Crippen LogP contribution in [0.1, 0.15) is 28.5 Å². The highest BCUT2D eigenvalue weighted by Crippen LogP contribution is 2.33. The van der Waals surface area contributed by atoms with E-state index in [9.17, 15) is 9.59 Å². The van der Waals surface area contributed by atoms with Crippen molar-refractivity contribution in [2.75, 3.05) is 5.32 Å². The van der Waals surface area contributed by atoms with Gasteiger partial charge in [-0.3, -0.25) is 9.59 Å². The van der Waals surface area contributed by atoms with E-state index < -0.39 is 5.92 Å². The maximum absolute atomic E-state index is 13.5. The topological polar surface area (TPSA) is 89.5 Å². The van der Waals surface area contributed by atoms with Crippen LogP contribution in [-0.4, -0.2) is 20.4 Å². The van der Waals surface area contributed by atoms with Crippen LogP contribution in [0.25, 0.3) is 15.9 Å². The van der Waals surface area contributed by atoms with Gasteiger partial charge in [0.1, 0.15) is 5.76 Å². The quantitative estimate of drug-likeness (QED) is 0.241. The number of carbonyl (C=O) groups is 1. The predicted octanol–water partition coefficient (Wildman–Crippen LogP) is 6.27. The molecule has 0 saturated carbocycles. The summed E-state index contributed by atoms with van der Waals surface area (Å²) in [6.07, 6.45) is 0. The summed E-state index contributed by atoms with van der Waals surface area (Å²) in [6, 6.07) is 28.5. The standard InChI is InChI=1S/C29H22N4O3S2/c1-18-14-25-30-22(16-26(34)33(25)36-18)17-37-29-32-23-13-12-21(15-24(23)38-29)31-28(35)27(19-8-4-2-5-9-19)20-10-6-3-7-11-20/h2-16,27H,17H2,1H3,(H,31,35). The molecule has 0 aliphatic rings. The van der Waals surface area contributed by atoms with E-state index in [0.29, 0.717) is 22.9 Å². The fraction of sp³-hybridized carbons (Fsp3) is 0.103. The zero-order valence-corrected chi connectivity index (χ0v) is 22.0. The highest BCUT2D eigenvalue weighted by molar-refractivity contribution is 8.00. The molecule has 9 heteroatoms. The molecule has 3 aromatic carbocycles. The van der Waals surface area contributed by atoms with E-state index in [1.165, 1.54) is 22.4 Å². The van der Waals surface area contributed by atoms with Crippen molar-refractivity contribution in [3.63, 3.8) is 0 Å². The summed E-state index contributed by atoms with van der Waals surface area (Å²) in [5, 5.41) is 3.10. The Morgan fingerprint density at radius 1 is 0.974 bits per heavy atom. The lowest BCUT2D eigenvalue weighted by molar-refractivity contribution is -0.116. The van der Waals surface area contributed by atoms with Crippen LogP contribution in [0.4, 0.5) is 5.69 Å². The molecule has 0 bridgehead atoms. The number of carbonyl (C=O) groups excluding carboxylic acids is 1. The number of aryl methyl sites for hydroxylation is 1. The van der Waals surface area contributed by atoms with Gasteiger partial charge in [0, 0.05) is 23.6 Å². The van der Waals surface area contributed by atoms with Crippen molar-refractivity contribution in [1.29, 1.82) is 0 Å². The van der Waals surface area contributed by atoms with Gasteiger partial charge in [-0.25, -0.2) is 9.97 Å². The summed E-state index contributed by atoms with van der Waals surface area (Å²) >= 11 is 3.06. The van der Waals surface area contributed by atoms with Crippen LogP contribution >= 0.6 is 23.1 Å². The molecular formula is C29H22N4O3S2. The first-order chi connectivity index (χ1) is 18.5. The zero-order valence-electron chi connectivity index (χ0n) is 20.3. The smallest absolute Gasteiger partial charge is 0.287 e. The number of nitrogens with one attached hydrogen (secondary N) is 1. The number of nitrogens with zero attached hydrogens (tertiary/aromatic N) is 3. The van der Waals surface area contributed by atoms with Crippen LogP contribution < -0.4 is 10.9 Å². The second-order valence-corrected chi connectivity index (χ2v) is 11.0. The third-order valence-corrected chi connectivity index (χ3v) is 8.23. The third-order valence-electron chi connectivity index (χ3n) is 6.03. The van der Waals surface area contributed by atoms with Gasteiger partial charge >= 0.3 is 0 Å². The number of amides is 1. The number of aromatic nitrogens is 3. The van der Waals surface area contributed by atoms with E-state index in [2.05, 4.69) is 10.3 Å². The lowest BCUT2D eigenvalue weighted by Crippen LogP contribution is -2.22. The molecule has 0 spiro atoms. The van der Waals surface area contributed by atoms with Crippen molar-refractivity contribution in [2.24, 2.45) is 0 Å². The van der Waals surface area contributed by atoms with E-state index in [-0.39, 0.29) is 11.5 Å². The lowest BCUT2D eigenvalue weighted by Gasteiger charge is -2.18. The monoisotopic (exact) mass is 538 g/mol. The summed E-state index contributed by atoms with van der Waals surface area (Å²) in [5.41, 5.74) is 4.37.